The second-order valence-corrected chi connectivity index (χ2v) is 3.56. The third kappa shape index (κ3) is 3.34. The van der Waals surface area contributed by atoms with Crippen LogP contribution in [0, 0.1) is 0 Å². The van der Waals surface area contributed by atoms with Crippen molar-refractivity contribution in [2.45, 2.75) is 20.3 Å². The molecule has 5 nitrogen and oxygen atoms in total. The van der Waals surface area contributed by atoms with Gasteiger partial charge in [-0.25, -0.2) is 9.97 Å². The second-order valence-electron chi connectivity index (χ2n) is 3.56. The molecule has 0 saturated carbocycles. The van der Waals surface area contributed by atoms with Crippen LogP contribution in [0.3, 0.4) is 0 Å². The summed E-state index contributed by atoms with van der Waals surface area (Å²) in [6.45, 7) is 5.60. The molecule has 0 fully saturated rings. The third-order valence-corrected chi connectivity index (χ3v) is 2.26. The molecule has 0 aliphatic carbocycles. The monoisotopic (exact) mass is 224 g/mol. The maximum atomic E-state index is 8.90. The van der Waals surface area contributed by atoms with E-state index in [4.69, 9.17) is 5.11 Å². The van der Waals surface area contributed by atoms with Gasteiger partial charge in [-0.15, -0.1) is 0 Å². The van der Waals surface area contributed by atoms with Crippen LogP contribution >= 0.6 is 0 Å². The van der Waals surface area contributed by atoms with Gasteiger partial charge < -0.3 is 15.3 Å². The van der Waals surface area contributed by atoms with E-state index in [0.29, 0.717) is 6.54 Å². The summed E-state index contributed by atoms with van der Waals surface area (Å²) in [5.74, 6) is 2.50. The highest BCUT2D eigenvalue weighted by molar-refractivity contribution is 5.48. The van der Waals surface area contributed by atoms with Gasteiger partial charge in [-0.3, -0.25) is 0 Å². The quantitative estimate of drug-likeness (QED) is 0.751. The van der Waals surface area contributed by atoms with Crippen molar-refractivity contribution in [2.24, 2.45) is 0 Å². The minimum atomic E-state index is 0.124. The Morgan fingerprint density at radius 1 is 1.38 bits per heavy atom. The van der Waals surface area contributed by atoms with Crippen LogP contribution in [-0.2, 0) is 6.42 Å². The number of aryl methyl sites for hydroxylation is 1. The van der Waals surface area contributed by atoms with E-state index in [-0.39, 0.29) is 6.61 Å². The van der Waals surface area contributed by atoms with Crippen LogP contribution in [-0.4, -0.2) is 41.8 Å². The largest absolute Gasteiger partial charge is 0.395 e. The van der Waals surface area contributed by atoms with Crippen LogP contribution in [0.2, 0.25) is 0 Å². The summed E-state index contributed by atoms with van der Waals surface area (Å²) >= 11 is 0. The molecule has 1 heterocycles. The van der Waals surface area contributed by atoms with E-state index in [0.717, 1.165) is 30.4 Å². The molecule has 0 aliphatic heterocycles. The van der Waals surface area contributed by atoms with Crippen molar-refractivity contribution in [1.82, 2.24) is 9.97 Å². The Morgan fingerprint density at radius 3 is 2.69 bits per heavy atom. The lowest BCUT2D eigenvalue weighted by Gasteiger charge is -2.18. The smallest absolute Gasteiger partial charge is 0.134 e. The molecule has 0 radical (unpaired) electrons. The molecule has 1 aromatic heterocycles. The van der Waals surface area contributed by atoms with Crippen molar-refractivity contribution in [1.29, 1.82) is 0 Å². The summed E-state index contributed by atoms with van der Waals surface area (Å²) in [7, 11) is 1.91. The highest BCUT2D eigenvalue weighted by atomic mass is 16.3. The van der Waals surface area contributed by atoms with Gasteiger partial charge in [0.25, 0.3) is 0 Å². The van der Waals surface area contributed by atoms with Gasteiger partial charge in [0.1, 0.15) is 17.5 Å². The number of hydrogen-bond acceptors (Lipinski definition) is 5. The molecule has 0 spiro atoms. The van der Waals surface area contributed by atoms with E-state index >= 15 is 0 Å². The molecule has 0 aliphatic rings. The number of aliphatic hydroxyl groups is 1. The average molecular weight is 224 g/mol. The van der Waals surface area contributed by atoms with Gasteiger partial charge in [0.05, 0.1) is 6.61 Å². The summed E-state index contributed by atoms with van der Waals surface area (Å²) in [5, 5.41) is 12.1. The van der Waals surface area contributed by atoms with E-state index in [2.05, 4.69) is 15.3 Å². The SMILES string of the molecule is CCNc1cc(N(C)CCO)nc(CC)n1. The lowest BCUT2D eigenvalue weighted by atomic mass is 10.4. The van der Waals surface area contributed by atoms with Crippen molar-refractivity contribution in [3.63, 3.8) is 0 Å². The number of aromatic nitrogens is 2. The third-order valence-electron chi connectivity index (χ3n) is 2.26. The lowest BCUT2D eigenvalue weighted by Crippen LogP contribution is -2.23. The number of hydrogen-bond donors (Lipinski definition) is 2. The van der Waals surface area contributed by atoms with Gasteiger partial charge in [0.15, 0.2) is 0 Å². The predicted octanol–water partition coefficient (Wildman–Crippen LogP) is 0.899. The number of nitrogens with zero attached hydrogens (tertiary/aromatic N) is 3. The fraction of sp³-hybridized carbons (Fsp3) is 0.636. The summed E-state index contributed by atoms with van der Waals surface area (Å²) in [6.07, 6.45) is 0.805. The summed E-state index contributed by atoms with van der Waals surface area (Å²) < 4.78 is 0. The fourth-order valence-corrected chi connectivity index (χ4v) is 1.37. The van der Waals surface area contributed by atoms with Gasteiger partial charge >= 0.3 is 0 Å². The van der Waals surface area contributed by atoms with Crippen LogP contribution in [0.5, 0.6) is 0 Å². The molecule has 1 aromatic rings. The van der Waals surface area contributed by atoms with Crippen molar-refractivity contribution < 1.29 is 5.11 Å². The zero-order valence-corrected chi connectivity index (χ0v) is 10.2. The van der Waals surface area contributed by atoms with Crippen molar-refractivity contribution in [3.8, 4) is 0 Å². The van der Waals surface area contributed by atoms with E-state index in [1.165, 1.54) is 0 Å². The van der Waals surface area contributed by atoms with E-state index in [9.17, 15) is 0 Å². The number of rotatable bonds is 6. The molecule has 0 atom stereocenters. The maximum absolute atomic E-state index is 8.90. The van der Waals surface area contributed by atoms with Gasteiger partial charge in [-0.05, 0) is 6.92 Å². The van der Waals surface area contributed by atoms with E-state index < -0.39 is 0 Å². The first-order chi connectivity index (χ1) is 7.71. The van der Waals surface area contributed by atoms with Gasteiger partial charge in [-0.2, -0.15) is 0 Å². The Kier molecular flexibility index (Phi) is 4.98. The number of aliphatic hydroxyl groups excluding tert-OH is 1. The molecule has 90 valence electrons. The molecule has 1 rings (SSSR count). The molecule has 0 unspecified atom stereocenters. The van der Waals surface area contributed by atoms with E-state index in [1.807, 2.05) is 31.9 Å². The predicted molar refractivity (Wildman–Crippen MR) is 65.9 cm³/mol. The highest BCUT2D eigenvalue weighted by Gasteiger charge is 2.06. The Hall–Kier alpha value is -1.36. The Labute approximate surface area is 96.5 Å². The Bertz CT molecular complexity index is 330. The Morgan fingerprint density at radius 2 is 2.12 bits per heavy atom. The number of nitrogens with one attached hydrogen (secondary N) is 1. The van der Waals surface area contributed by atoms with Gasteiger partial charge in [-0.1, -0.05) is 6.92 Å². The summed E-state index contributed by atoms with van der Waals surface area (Å²) in [6, 6.07) is 1.90. The molecule has 5 heteroatoms. The summed E-state index contributed by atoms with van der Waals surface area (Å²) in [5.41, 5.74) is 0. The summed E-state index contributed by atoms with van der Waals surface area (Å²) in [4.78, 5) is 10.7. The first-order valence-corrected chi connectivity index (χ1v) is 5.65. The van der Waals surface area contributed by atoms with Crippen molar-refractivity contribution in [2.75, 3.05) is 37.0 Å². The zero-order valence-electron chi connectivity index (χ0n) is 10.2. The molecule has 0 aromatic carbocycles. The fourth-order valence-electron chi connectivity index (χ4n) is 1.37. The number of likely N-dealkylation sites (N-methyl/N-ethyl adjacent to an activating group) is 1. The highest BCUT2D eigenvalue weighted by Crippen LogP contribution is 2.14. The lowest BCUT2D eigenvalue weighted by molar-refractivity contribution is 0.304. The molecular formula is C11H20N4O. The molecular weight excluding hydrogens is 204 g/mol. The van der Waals surface area contributed by atoms with Crippen molar-refractivity contribution in [3.05, 3.63) is 11.9 Å². The van der Waals surface area contributed by atoms with Crippen molar-refractivity contribution >= 4 is 11.6 Å². The zero-order chi connectivity index (χ0) is 12.0. The first kappa shape index (κ1) is 12.7. The first-order valence-electron chi connectivity index (χ1n) is 5.65. The van der Waals surface area contributed by atoms with Crippen LogP contribution in [0.15, 0.2) is 6.07 Å². The molecule has 2 N–H and O–H groups in total. The van der Waals surface area contributed by atoms with Gasteiger partial charge in [0, 0.05) is 32.6 Å². The number of anilines is 2. The topological polar surface area (TPSA) is 61.3 Å². The standard InChI is InChI=1S/C11H20N4O/c1-4-9-13-10(12-5-2)8-11(14-9)15(3)6-7-16/h8,16H,4-7H2,1-3H3,(H,12,13,14). The normalized spacial score (nSPS) is 10.2. The van der Waals surface area contributed by atoms with Crippen LogP contribution in [0.4, 0.5) is 11.6 Å². The van der Waals surface area contributed by atoms with Crippen LogP contribution in [0.1, 0.15) is 19.7 Å². The molecule has 0 saturated heterocycles. The maximum Gasteiger partial charge on any atom is 0.134 e. The minimum Gasteiger partial charge on any atom is -0.395 e. The molecule has 16 heavy (non-hydrogen) atoms. The average Bonchev–Trinajstić information content (AvgIpc) is 2.29. The second kappa shape index (κ2) is 6.27. The van der Waals surface area contributed by atoms with E-state index in [1.54, 1.807) is 0 Å². The van der Waals surface area contributed by atoms with Crippen LogP contribution < -0.4 is 10.2 Å². The Balaban J connectivity index is 2.93. The van der Waals surface area contributed by atoms with Gasteiger partial charge in [0.2, 0.25) is 0 Å². The minimum absolute atomic E-state index is 0.124. The molecule has 0 amide bonds. The molecule has 0 bridgehead atoms. The van der Waals surface area contributed by atoms with Crippen LogP contribution in [0.25, 0.3) is 0 Å².